The van der Waals surface area contributed by atoms with Gasteiger partial charge in [0.2, 0.25) is 0 Å². The zero-order valence-electron chi connectivity index (χ0n) is 11.1. The summed E-state index contributed by atoms with van der Waals surface area (Å²) in [4.78, 5) is 8.15. The molecule has 2 heterocycles. The Morgan fingerprint density at radius 3 is 2.86 bits per heavy atom. The maximum Gasteiger partial charge on any atom is 0.295 e. The Balaban J connectivity index is 2.66. The zero-order chi connectivity index (χ0) is 15.6. The smallest absolute Gasteiger partial charge is 0.295 e. The number of pyridine rings is 1. The highest BCUT2D eigenvalue weighted by molar-refractivity contribution is 14.2. The van der Waals surface area contributed by atoms with Crippen molar-refractivity contribution >= 4 is 51.1 Å². The van der Waals surface area contributed by atoms with Gasteiger partial charge >= 0.3 is 0 Å². The summed E-state index contributed by atoms with van der Waals surface area (Å²) in [5.41, 5.74) is 7.83. The molecular formula is C12H13F2IN5P. The van der Waals surface area contributed by atoms with Gasteiger partial charge in [-0.25, -0.2) is 18.7 Å². The predicted molar refractivity (Wildman–Crippen MR) is 92.2 cm³/mol. The van der Waals surface area contributed by atoms with Gasteiger partial charge in [0.1, 0.15) is 11.3 Å². The molecule has 2 aromatic heterocycles. The molecular weight excluding hydrogens is 410 g/mol. The third-order valence-corrected chi connectivity index (χ3v) is 4.70. The van der Waals surface area contributed by atoms with Gasteiger partial charge < -0.3 is 11.1 Å². The first kappa shape index (κ1) is 16.1. The van der Waals surface area contributed by atoms with Crippen LogP contribution in [0.4, 0.5) is 20.3 Å². The summed E-state index contributed by atoms with van der Waals surface area (Å²) in [7, 11) is 0. The molecule has 0 aliphatic rings. The minimum atomic E-state index is -2.67. The van der Waals surface area contributed by atoms with Crippen molar-refractivity contribution in [2.75, 3.05) is 11.1 Å². The average Bonchev–Trinajstić information content (AvgIpc) is 2.77. The number of nitrogen functional groups attached to an aromatic ring is 1. The molecule has 0 spiro atoms. The Morgan fingerprint density at radius 1 is 1.57 bits per heavy atom. The van der Waals surface area contributed by atoms with Crippen LogP contribution in [0.5, 0.6) is 0 Å². The van der Waals surface area contributed by atoms with Gasteiger partial charge in [0.05, 0.1) is 12.1 Å². The Bertz CT molecular complexity index is 713. The topological polar surface area (TPSA) is 68.8 Å². The number of hydrogen-bond donors (Lipinski definition) is 2. The van der Waals surface area contributed by atoms with Crippen molar-refractivity contribution < 1.29 is 8.78 Å². The first-order valence-electron chi connectivity index (χ1n) is 5.88. The van der Waals surface area contributed by atoms with E-state index in [1.54, 1.807) is 18.2 Å². The Kier molecular flexibility index (Phi) is 5.10. The Hall–Kier alpha value is -1.28. The van der Waals surface area contributed by atoms with E-state index in [9.17, 15) is 8.78 Å². The van der Waals surface area contributed by atoms with E-state index in [2.05, 4.69) is 21.9 Å². The number of anilines is 2. The minimum absolute atomic E-state index is 0.0564. The van der Waals surface area contributed by atoms with Gasteiger partial charge in [0, 0.05) is 11.8 Å². The summed E-state index contributed by atoms with van der Waals surface area (Å²) in [6, 6.07) is 1.58. The lowest BCUT2D eigenvalue weighted by Gasteiger charge is -2.08. The van der Waals surface area contributed by atoms with E-state index in [0.717, 1.165) is 5.70 Å². The van der Waals surface area contributed by atoms with Crippen molar-refractivity contribution in [3.8, 4) is 0 Å². The SMILES string of the molecule is C=C/C=C(\C)Nc1cc(N)nc2c1nc(C(F)F)n2PI. The number of rotatable bonds is 5. The summed E-state index contributed by atoms with van der Waals surface area (Å²) in [6.45, 7) is 5.43. The maximum absolute atomic E-state index is 13.1. The first-order valence-corrected chi connectivity index (χ1v) is 9.94. The molecule has 0 bridgehead atoms. The lowest BCUT2D eigenvalue weighted by atomic mass is 10.3. The summed E-state index contributed by atoms with van der Waals surface area (Å²) in [5, 5.41) is 3.08. The molecule has 0 amide bonds. The van der Waals surface area contributed by atoms with Crippen molar-refractivity contribution in [3.05, 3.63) is 36.3 Å². The minimum Gasteiger partial charge on any atom is -0.384 e. The molecule has 1 unspecified atom stereocenters. The summed E-state index contributed by atoms with van der Waals surface area (Å²) < 4.78 is 27.5. The number of nitrogens with one attached hydrogen (secondary N) is 1. The zero-order valence-corrected chi connectivity index (χ0v) is 14.2. The Morgan fingerprint density at radius 2 is 2.29 bits per heavy atom. The summed E-state index contributed by atoms with van der Waals surface area (Å²) >= 11 is 2.01. The number of hydrogen-bond acceptors (Lipinski definition) is 4. The van der Waals surface area contributed by atoms with Gasteiger partial charge in [-0.2, -0.15) is 0 Å². The summed E-state index contributed by atoms with van der Waals surface area (Å²) in [6.07, 6.45) is 0.772. The highest BCUT2D eigenvalue weighted by Gasteiger charge is 2.21. The van der Waals surface area contributed by atoms with Crippen molar-refractivity contribution in [1.29, 1.82) is 0 Å². The average molecular weight is 423 g/mol. The van der Waals surface area contributed by atoms with Crippen LogP contribution in [0.1, 0.15) is 19.2 Å². The van der Waals surface area contributed by atoms with Gasteiger partial charge in [0.15, 0.2) is 11.5 Å². The normalized spacial score (nSPS) is 12.7. The van der Waals surface area contributed by atoms with Crippen LogP contribution in [0, 0.1) is 0 Å². The fourth-order valence-electron chi connectivity index (χ4n) is 1.84. The molecule has 5 nitrogen and oxygen atoms in total. The second-order valence-electron chi connectivity index (χ2n) is 4.17. The quantitative estimate of drug-likeness (QED) is 0.429. The van der Waals surface area contributed by atoms with Crippen molar-refractivity contribution in [2.45, 2.75) is 13.3 Å². The van der Waals surface area contributed by atoms with E-state index < -0.39 is 6.43 Å². The molecule has 0 saturated carbocycles. The molecule has 0 saturated heterocycles. The van der Waals surface area contributed by atoms with Crippen LogP contribution in [-0.2, 0) is 0 Å². The third kappa shape index (κ3) is 3.32. The van der Waals surface area contributed by atoms with E-state index in [4.69, 9.17) is 5.73 Å². The molecule has 0 fully saturated rings. The second kappa shape index (κ2) is 6.65. The molecule has 21 heavy (non-hydrogen) atoms. The monoisotopic (exact) mass is 423 g/mol. The van der Waals surface area contributed by atoms with Gasteiger partial charge in [-0.1, -0.05) is 12.7 Å². The number of alkyl halides is 2. The molecule has 3 N–H and O–H groups in total. The van der Waals surface area contributed by atoms with E-state index >= 15 is 0 Å². The van der Waals surface area contributed by atoms with Crippen LogP contribution in [0.3, 0.4) is 0 Å². The number of fused-ring (bicyclic) bond motifs is 1. The molecule has 0 aliphatic carbocycles. The van der Waals surface area contributed by atoms with Gasteiger partial charge in [0.25, 0.3) is 6.43 Å². The van der Waals surface area contributed by atoms with E-state index in [0.29, 0.717) is 16.9 Å². The molecule has 9 heteroatoms. The van der Waals surface area contributed by atoms with Crippen molar-refractivity contribution in [1.82, 2.24) is 14.3 Å². The largest absolute Gasteiger partial charge is 0.384 e. The molecule has 1 atom stereocenters. The molecule has 0 aromatic carbocycles. The van der Waals surface area contributed by atoms with Crippen LogP contribution in [0.2, 0.25) is 0 Å². The number of allylic oxidation sites excluding steroid dienone is 3. The highest BCUT2D eigenvalue weighted by atomic mass is 127. The molecule has 0 radical (unpaired) electrons. The van der Waals surface area contributed by atoms with Crippen LogP contribution < -0.4 is 11.1 Å². The van der Waals surface area contributed by atoms with E-state index in [-0.39, 0.29) is 18.0 Å². The van der Waals surface area contributed by atoms with E-state index in [1.165, 1.54) is 4.34 Å². The molecule has 0 aliphatic heterocycles. The second-order valence-corrected chi connectivity index (χ2v) is 6.23. The number of halogens is 3. The maximum atomic E-state index is 13.1. The van der Waals surface area contributed by atoms with Gasteiger partial charge in [-0.3, -0.25) is 4.34 Å². The van der Waals surface area contributed by atoms with Crippen LogP contribution in [0.25, 0.3) is 11.2 Å². The lowest BCUT2D eigenvalue weighted by Crippen LogP contribution is -2.00. The van der Waals surface area contributed by atoms with Crippen molar-refractivity contribution in [2.24, 2.45) is 0 Å². The highest BCUT2D eigenvalue weighted by Crippen LogP contribution is 2.37. The van der Waals surface area contributed by atoms with Gasteiger partial charge in [-0.05, 0) is 35.0 Å². The Labute approximate surface area is 135 Å². The fraction of sp³-hybridized carbons (Fsp3) is 0.167. The summed E-state index contributed by atoms with van der Waals surface area (Å²) in [5.74, 6) is -0.0581. The third-order valence-electron chi connectivity index (χ3n) is 2.64. The number of imidazole rings is 1. The van der Waals surface area contributed by atoms with E-state index in [1.807, 2.05) is 29.0 Å². The van der Waals surface area contributed by atoms with Crippen molar-refractivity contribution in [3.63, 3.8) is 0 Å². The number of aromatic nitrogens is 3. The fourth-order valence-corrected chi connectivity index (χ4v) is 3.74. The number of nitrogens with two attached hydrogens (primary N) is 1. The molecule has 2 aromatic rings. The van der Waals surface area contributed by atoms with Gasteiger partial charge in [-0.15, -0.1) is 0 Å². The molecule has 2 rings (SSSR count). The van der Waals surface area contributed by atoms with Crippen LogP contribution in [0.15, 0.2) is 30.5 Å². The molecule has 112 valence electrons. The first-order chi connectivity index (χ1) is 9.97. The van der Waals surface area contributed by atoms with Crippen LogP contribution in [-0.4, -0.2) is 14.3 Å². The number of nitrogens with zero attached hydrogens (tertiary/aromatic N) is 3. The van der Waals surface area contributed by atoms with Crippen LogP contribution >= 0.6 is 28.4 Å². The standard InChI is InChI=1S/C12H13F2IN5P/c1-3-4-6(2)17-7-5-8(16)18-11-9(7)19-12(10(13)14)20(11)21-15/h3-5,10,21H,1H2,2H3,(H3,16,17,18)/b6-4+. The lowest BCUT2D eigenvalue weighted by molar-refractivity contribution is 0.140. The predicted octanol–water partition coefficient (Wildman–Crippen LogP) is 4.24.